The molecule has 90 valence electrons. The van der Waals surface area contributed by atoms with Gasteiger partial charge < -0.3 is 0 Å². The first-order chi connectivity index (χ1) is 6.91. The second kappa shape index (κ2) is 7.03. The third-order valence-corrected chi connectivity index (χ3v) is 3.16. The van der Waals surface area contributed by atoms with Gasteiger partial charge in [-0.15, -0.1) is 0 Å². The summed E-state index contributed by atoms with van der Waals surface area (Å²) in [4.78, 5) is 11.8. The minimum atomic E-state index is -0.150. The van der Waals surface area contributed by atoms with E-state index in [0.717, 1.165) is 18.8 Å². The highest BCUT2D eigenvalue weighted by molar-refractivity contribution is 5.83. The summed E-state index contributed by atoms with van der Waals surface area (Å²) in [6.07, 6.45) is 6.95. The Hall–Kier alpha value is -0.330. The van der Waals surface area contributed by atoms with Gasteiger partial charge in [-0.25, -0.2) is 0 Å². The highest BCUT2D eigenvalue weighted by Crippen LogP contribution is 2.23. The molecule has 0 spiro atoms. The maximum absolute atomic E-state index is 11.8. The van der Waals surface area contributed by atoms with Gasteiger partial charge in [0, 0.05) is 11.8 Å². The van der Waals surface area contributed by atoms with Crippen LogP contribution in [0.4, 0.5) is 0 Å². The molecule has 0 aromatic rings. The molecule has 0 aromatic carbocycles. The van der Waals surface area contributed by atoms with Crippen LogP contribution in [0.5, 0.6) is 0 Å². The summed E-state index contributed by atoms with van der Waals surface area (Å²) >= 11 is 0. The minimum Gasteiger partial charge on any atom is -0.299 e. The lowest BCUT2D eigenvalue weighted by Crippen LogP contribution is -2.20. The molecule has 0 saturated carbocycles. The number of hydrogen-bond donors (Lipinski definition) is 0. The standard InChI is InChI=1S/C14H28O/c1-6-8-9-12(7-2)10-11-13(15)14(3,4)5/h12H,6-11H2,1-5H3. The smallest absolute Gasteiger partial charge is 0.138 e. The number of unbranched alkanes of at least 4 members (excludes halogenated alkanes) is 1. The maximum atomic E-state index is 11.8. The van der Waals surface area contributed by atoms with E-state index in [0.29, 0.717) is 5.78 Å². The van der Waals surface area contributed by atoms with E-state index in [1.165, 1.54) is 25.7 Å². The van der Waals surface area contributed by atoms with E-state index in [-0.39, 0.29) is 5.41 Å². The van der Waals surface area contributed by atoms with E-state index in [9.17, 15) is 4.79 Å². The van der Waals surface area contributed by atoms with Crippen LogP contribution < -0.4 is 0 Å². The molecule has 0 fully saturated rings. The van der Waals surface area contributed by atoms with Crippen molar-refractivity contribution in [3.05, 3.63) is 0 Å². The Morgan fingerprint density at radius 3 is 2.13 bits per heavy atom. The van der Waals surface area contributed by atoms with Crippen molar-refractivity contribution in [2.24, 2.45) is 11.3 Å². The Balaban J connectivity index is 3.85. The van der Waals surface area contributed by atoms with Crippen molar-refractivity contribution in [1.82, 2.24) is 0 Å². The van der Waals surface area contributed by atoms with E-state index in [2.05, 4.69) is 13.8 Å². The summed E-state index contributed by atoms with van der Waals surface area (Å²) in [6, 6.07) is 0. The predicted octanol–water partition coefficient (Wildman–Crippen LogP) is 4.60. The molecular formula is C14H28O. The number of hydrogen-bond acceptors (Lipinski definition) is 1. The van der Waals surface area contributed by atoms with Crippen molar-refractivity contribution in [1.29, 1.82) is 0 Å². The first-order valence-corrected chi connectivity index (χ1v) is 6.45. The molecule has 0 saturated heterocycles. The minimum absolute atomic E-state index is 0.150. The molecule has 0 aliphatic carbocycles. The normalized spacial score (nSPS) is 13.9. The second-order valence-corrected chi connectivity index (χ2v) is 5.63. The SMILES string of the molecule is CCCCC(CC)CCC(=O)C(C)(C)C. The molecule has 1 heteroatoms. The average molecular weight is 212 g/mol. The van der Waals surface area contributed by atoms with Crippen LogP contribution in [-0.2, 0) is 4.79 Å². The fourth-order valence-electron chi connectivity index (χ4n) is 1.76. The van der Waals surface area contributed by atoms with Crippen molar-refractivity contribution < 1.29 is 4.79 Å². The topological polar surface area (TPSA) is 17.1 Å². The largest absolute Gasteiger partial charge is 0.299 e. The molecule has 0 rings (SSSR count). The first-order valence-electron chi connectivity index (χ1n) is 6.45. The third kappa shape index (κ3) is 6.70. The van der Waals surface area contributed by atoms with Gasteiger partial charge in [-0.3, -0.25) is 4.79 Å². The fraction of sp³-hybridized carbons (Fsp3) is 0.929. The van der Waals surface area contributed by atoms with Gasteiger partial charge in [0.25, 0.3) is 0 Å². The van der Waals surface area contributed by atoms with Gasteiger partial charge in [-0.1, -0.05) is 60.3 Å². The summed E-state index contributed by atoms with van der Waals surface area (Å²) in [7, 11) is 0. The number of carbonyl (C=O) groups is 1. The molecule has 0 aliphatic rings. The van der Waals surface area contributed by atoms with E-state index in [4.69, 9.17) is 0 Å². The molecule has 0 heterocycles. The van der Waals surface area contributed by atoms with Crippen LogP contribution in [0.3, 0.4) is 0 Å². The quantitative estimate of drug-likeness (QED) is 0.603. The van der Waals surface area contributed by atoms with Crippen LogP contribution in [0, 0.1) is 11.3 Å². The molecule has 15 heavy (non-hydrogen) atoms. The van der Waals surface area contributed by atoms with E-state index >= 15 is 0 Å². The van der Waals surface area contributed by atoms with Crippen molar-refractivity contribution >= 4 is 5.78 Å². The molecule has 0 bridgehead atoms. The number of carbonyl (C=O) groups excluding carboxylic acids is 1. The van der Waals surface area contributed by atoms with Crippen molar-refractivity contribution in [3.63, 3.8) is 0 Å². The summed E-state index contributed by atoms with van der Waals surface area (Å²) in [6.45, 7) is 10.5. The lowest BCUT2D eigenvalue weighted by atomic mass is 9.85. The van der Waals surface area contributed by atoms with Crippen molar-refractivity contribution in [2.75, 3.05) is 0 Å². The molecule has 1 atom stereocenters. The Bertz CT molecular complexity index is 176. The monoisotopic (exact) mass is 212 g/mol. The fourth-order valence-corrected chi connectivity index (χ4v) is 1.76. The van der Waals surface area contributed by atoms with Crippen LogP contribution in [0.25, 0.3) is 0 Å². The Kier molecular flexibility index (Phi) is 6.87. The second-order valence-electron chi connectivity index (χ2n) is 5.63. The van der Waals surface area contributed by atoms with Crippen molar-refractivity contribution in [2.45, 2.75) is 73.1 Å². The van der Waals surface area contributed by atoms with E-state index in [1.807, 2.05) is 20.8 Å². The van der Waals surface area contributed by atoms with Crippen LogP contribution in [0.15, 0.2) is 0 Å². The van der Waals surface area contributed by atoms with Crippen molar-refractivity contribution in [3.8, 4) is 0 Å². The number of ketones is 1. The number of rotatable bonds is 7. The summed E-state index contributed by atoms with van der Waals surface area (Å²) in [5.41, 5.74) is -0.150. The van der Waals surface area contributed by atoms with Gasteiger partial charge in [0.2, 0.25) is 0 Å². The lowest BCUT2D eigenvalue weighted by molar-refractivity contribution is -0.126. The zero-order chi connectivity index (χ0) is 11.9. The van der Waals surface area contributed by atoms with Gasteiger partial charge in [0.05, 0.1) is 0 Å². The zero-order valence-corrected chi connectivity index (χ0v) is 11.2. The highest BCUT2D eigenvalue weighted by Gasteiger charge is 2.21. The summed E-state index contributed by atoms with van der Waals surface area (Å²) in [5.74, 6) is 1.17. The molecule has 0 amide bonds. The van der Waals surface area contributed by atoms with Crippen LogP contribution in [0.1, 0.15) is 73.1 Å². The molecule has 1 unspecified atom stereocenters. The maximum Gasteiger partial charge on any atom is 0.138 e. The van der Waals surface area contributed by atoms with Crippen LogP contribution >= 0.6 is 0 Å². The Morgan fingerprint density at radius 1 is 1.13 bits per heavy atom. The van der Waals surface area contributed by atoms with Gasteiger partial charge in [0.1, 0.15) is 5.78 Å². The average Bonchev–Trinajstić information content (AvgIpc) is 2.16. The molecular weight excluding hydrogens is 184 g/mol. The lowest BCUT2D eigenvalue weighted by Gasteiger charge is -2.19. The van der Waals surface area contributed by atoms with E-state index in [1.54, 1.807) is 0 Å². The highest BCUT2D eigenvalue weighted by atomic mass is 16.1. The van der Waals surface area contributed by atoms with Crippen LogP contribution in [-0.4, -0.2) is 5.78 Å². The Labute approximate surface area is 95.6 Å². The summed E-state index contributed by atoms with van der Waals surface area (Å²) < 4.78 is 0. The van der Waals surface area contributed by atoms with Gasteiger partial charge in [-0.05, 0) is 12.3 Å². The predicted molar refractivity (Wildman–Crippen MR) is 67.0 cm³/mol. The molecule has 0 N–H and O–H groups in total. The first kappa shape index (κ1) is 14.7. The molecule has 0 aromatic heterocycles. The third-order valence-electron chi connectivity index (χ3n) is 3.16. The molecule has 0 radical (unpaired) electrons. The molecule has 0 aliphatic heterocycles. The Morgan fingerprint density at radius 2 is 1.73 bits per heavy atom. The zero-order valence-electron chi connectivity index (χ0n) is 11.2. The van der Waals surface area contributed by atoms with Crippen LogP contribution in [0.2, 0.25) is 0 Å². The van der Waals surface area contributed by atoms with E-state index < -0.39 is 0 Å². The summed E-state index contributed by atoms with van der Waals surface area (Å²) in [5, 5.41) is 0. The van der Waals surface area contributed by atoms with Gasteiger partial charge in [0.15, 0.2) is 0 Å². The molecule has 1 nitrogen and oxygen atoms in total. The number of Topliss-reactive ketones (excluding diaryl/α,β-unsaturated/α-hetero) is 1. The van der Waals surface area contributed by atoms with Gasteiger partial charge >= 0.3 is 0 Å². The van der Waals surface area contributed by atoms with Gasteiger partial charge in [-0.2, -0.15) is 0 Å².